The van der Waals surface area contributed by atoms with E-state index in [1.165, 1.54) is 50.2 Å². The summed E-state index contributed by atoms with van der Waals surface area (Å²) in [7, 11) is 0. The molecule has 4 bridgehead atoms. The van der Waals surface area contributed by atoms with Crippen LogP contribution in [0.3, 0.4) is 0 Å². The molecule has 196 valence electrons. The van der Waals surface area contributed by atoms with Crippen LogP contribution in [0.5, 0.6) is 11.5 Å². The van der Waals surface area contributed by atoms with E-state index >= 15 is 0 Å². The quantitative estimate of drug-likeness (QED) is 0.249. The summed E-state index contributed by atoms with van der Waals surface area (Å²) in [6.07, 6.45) is 10.7. The first-order valence-corrected chi connectivity index (χ1v) is 13.4. The molecule has 0 aliphatic heterocycles. The first-order valence-electron chi connectivity index (χ1n) is 13.4. The Balaban J connectivity index is 1.55. The molecule has 0 radical (unpaired) electrons. The summed E-state index contributed by atoms with van der Waals surface area (Å²) in [6, 6.07) is 6.14. The van der Waals surface area contributed by atoms with Crippen LogP contribution in [0.25, 0.3) is 0 Å². The molecule has 0 spiro atoms. The van der Waals surface area contributed by atoms with Crippen molar-refractivity contribution in [2.75, 3.05) is 13.2 Å². The lowest BCUT2D eigenvalue weighted by atomic mass is 9.48. The molecule has 0 amide bonds. The Labute approximate surface area is 215 Å². The summed E-state index contributed by atoms with van der Waals surface area (Å²) >= 11 is 0. The molecule has 5 rings (SSSR count). The highest BCUT2D eigenvalue weighted by Gasteiger charge is 2.52. The van der Waals surface area contributed by atoms with Crippen LogP contribution in [0, 0.1) is 17.8 Å². The van der Waals surface area contributed by atoms with E-state index in [0.717, 1.165) is 29.6 Å². The third kappa shape index (κ3) is 5.96. The van der Waals surface area contributed by atoms with Gasteiger partial charge in [0.2, 0.25) is 0 Å². The van der Waals surface area contributed by atoms with Gasteiger partial charge in [-0.05, 0) is 80.6 Å². The summed E-state index contributed by atoms with van der Waals surface area (Å²) in [5.41, 5.74) is 1.40. The average Bonchev–Trinajstić information content (AvgIpc) is 2.87. The van der Waals surface area contributed by atoms with Gasteiger partial charge in [0.15, 0.2) is 0 Å². The fraction of sp³-hybridized carbons (Fsp3) is 0.600. The van der Waals surface area contributed by atoms with Gasteiger partial charge in [0.25, 0.3) is 0 Å². The highest BCUT2D eigenvalue weighted by Crippen LogP contribution is 2.62. The summed E-state index contributed by atoms with van der Waals surface area (Å²) in [5, 5.41) is 0. The van der Waals surface area contributed by atoms with Crippen LogP contribution in [0.15, 0.2) is 43.5 Å². The van der Waals surface area contributed by atoms with Crippen LogP contribution < -0.4 is 9.47 Å². The number of benzene rings is 1. The zero-order valence-corrected chi connectivity index (χ0v) is 21.7. The summed E-state index contributed by atoms with van der Waals surface area (Å²) in [5.74, 6) is 3.00. The molecule has 36 heavy (non-hydrogen) atoms. The van der Waals surface area contributed by atoms with Gasteiger partial charge in [-0.1, -0.05) is 33.1 Å². The molecular weight excluding hydrogens is 456 g/mol. The molecule has 1 aromatic rings. The lowest BCUT2D eigenvalue weighted by molar-refractivity contribution is -0.145. The topological polar surface area (TPSA) is 71.1 Å². The molecule has 4 saturated carbocycles. The molecule has 4 aliphatic carbocycles. The highest BCUT2D eigenvalue weighted by molar-refractivity contribution is 5.81. The van der Waals surface area contributed by atoms with E-state index in [1.807, 2.05) is 26.0 Å². The van der Waals surface area contributed by atoms with Crippen LogP contribution in [0.1, 0.15) is 70.8 Å². The van der Waals surface area contributed by atoms with E-state index in [1.54, 1.807) is 0 Å². The Bertz CT molecular complexity index is 931. The predicted molar refractivity (Wildman–Crippen MR) is 138 cm³/mol. The predicted octanol–water partition coefficient (Wildman–Crippen LogP) is 5.93. The Morgan fingerprint density at radius 2 is 1.39 bits per heavy atom. The van der Waals surface area contributed by atoms with Crippen LogP contribution >= 0.6 is 0 Å². The van der Waals surface area contributed by atoms with Crippen LogP contribution in [-0.2, 0) is 24.5 Å². The van der Waals surface area contributed by atoms with Crippen molar-refractivity contribution >= 4 is 11.9 Å². The van der Waals surface area contributed by atoms with Gasteiger partial charge in [0, 0.05) is 23.8 Å². The lowest BCUT2D eigenvalue weighted by Gasteiger charge is -2.57. The Morgan fingerprint density at radius 3 is 1.86 bits per heavy atom. The fourth-order valence-corrected chi connectivity index (χ4v) is 6.86. The van der Waals surface area contributed by atoms with E-state index in [9.17, 15) is 9.59 Å². The largest absolute Gasteiger partial charge is 0.490 e. The molecule has 4 aliphatic rings. The van der Waals surface area contributed by atoms with Crippen molar-refractivity contribution in [2.45, 2.75) is 82.8 Å². The maximum Gasteiger partial charge on any atom is 0.330 e. The highest BCUT2D eigenvalue weighted by atomic mass is 16.6. The van der Waals surface area contributed by atoms with Gasteiger partial charge >= 0.3 is 11.9 Å². The first-order chi connectivity index (χ1) is 17.4. The molecule has 2 unspecified atom stereocenters. The van der Waals surface area contributed by atoms with Crippen molar-refractivity contribution in [3.8, 4) is 11.5 Å². The lowest BCUT2D eigenvalue weighted by Crippen LogP contribution is -2.48. The second-order valence-electron chi connectivity index (χ2n) is 10.8. The smallest absolute Gasteiger partial charge is 0.330 e. The van der Waals surface area contributed by atoms with Crippen LogP contribution in [0.2, 0.25) is 0 Å². The van der Waals surface area contributed by atoms with Crippen LogP contribution in [0.4, 0.5) is 0 Å². The number of carbonyl (C=O) groups is 2. The van der Waals surface area contributed by atoms with Crippen molar-refractivity contribution in [1.29, 1.82) is 0 Å². The molecule has 6 heteroatoms. The van der Waals surface area contributed by atoms with Crippen molar-refractivity contribution in [1.82, 2.24) is 0 Å². The van der Waals surface area contributed by atoms with Gasteiger partial charge in [0.1, 0.15) is 36.9 Å². The minimum absolute atomic E-state index is 0.146. The van der Waals surface area contributed by atoms with Gasteiger partial charge in [0.05, 0.1) is 0 Å². The number of rotatable bonds is 13. The van der Waals surface area contributed by atoms with Gasteiger partial charge in [-0.25, -0.2) is 9.59 Å². The third-order valence-corrected chi connectivity index (χ3v) is 8.23. The monoisotopic (exact) mass is 496 g/mol. The van der Waals surface area contributed by atoms with Gasteiger partial charge < -0.3 is 18.9 Å². The van der Waals surface area contributed by atoms with E-state index in [-0.39, 0.29) is 30.8 Å². The minimum Gasteiger partial charge on any atom is -0.490 e. The van der Waals surface area contributed by atoms with Crippen molar-refractivity contribution in [3.05, 3.63) is 49.1 Å². The molecular formula is C30H40O6. The third-order valence-electron chi connectivity index (χ3n) is 8.23. The summed E-state index contributed by atoms with van der Waals surface area (Å²) in [6.45, 7) is 11.4. The standard InChI is InChI=1S/C30H40O6/c1-5-23(35-28(31)7-3)18-33-25-9-10-26(27(14-25)34-19-24(6-2)36-29(32)8-4)30-15-20-11-21(16-30)13-22(12-20)17-30/h7-10,14,20-24H,3-6,11-13,15-19H2,1-2H3. The molecule has 6 nitrogen and oxygen atoms in total. The van der Waals surface area contributed by atoms with Crippen LogP contribution in [-0.4, -0.2) is 37.4 Å². The van der Waals surface area contributed by atoms with Gasteiger partial charge in [-0.2, -0.15) is 0 Å². The molecule has 2 atom stereocenters. The van der Waals surface area contributed by atoms with Crippen molar-refractivity contribution in [3.63, 3.8) is 0 Å². The van der Waals surface area contributed by atoms with Crippen molar-refractivity contribution < 1.29 is 28.5 Å². The fourth-order valence-electron chi connectivity index (χ4n) is 6.86. The minimum atomic E-state index is -0.452. The second kappa shape index (κ2) is 11.5. The number of hydrogen-bond donors (Lipinski definition) is 0. The molecule has 0 aromatic heterocycles. The Kier molecular flexibility index (Phi) is 8.43. The average molecular weight is 497 g/mol. The molecule has 4 fully saturated rings. The zero-order valence-electron chi connectivity index (χ0n) is 21.7. The Hall–Kier alpha value is -2.76. The number of hydrogen-bond acceptors (Lipinski definition) is 6. The number of ether oxygens (including phenoxy) is 4. The second-order valence-corrected chi connectivity index (χ2v) is 10.8. The molecule has 1 aromatic carbocycles. The Morgan fingerprint density at radius 1 is 0.889 bits per heavy atom. The number of esters is 2. The van der Waals surface area contributed by atoms with Gasteiger partial charge in [-0.15, -0.1) is 0 Å². The van der Waals surface area contributed by atoms with Crippen molar-refractivity contribution in [2.24, 2.45) is 17.8 Å². The summed E-state index contributed by atoms with van der Waals surface area (Å²) < 4.78 is 23.3. The molecule has 0 N–H and O–H groups in total. The maximum absolute atomic E-state index is 11.8. The van der Waals surface area contributed by atoms with Gasteiger partial charge in [-0.3, -0.25) is 0 Å². The van der Waals surface area contributed by atoms with E-state index in [4.69, 9.17) is 18.9 Å². The van der Waals surface area contributed by atoms with E-state index in [2.05, 4.69) is 19.2 Å². The molecule has 0 heterocycles. The first kappa shape index (κ1) is 26.3. The van der Waals surface area contributed by atoms with E-state index in [0.29, 0.717) is 18.6 Å². The summed E-state index contributed by atoms with van der Waals surface area (Å²) in [4.78, 5) is 23.4. The van der Waals surface area contributed by atoms with E-state index < -0.39 is 11.9 Å². The maximum atomic E-state index is 11.8. The number of carbonyl (C=O) groups excluding carboxylic acids is 2. The zero-order chi connectivity index (χ0) is 25.7. The normalized spacial score (nSPS) is 27.6. The molecule has 0 saturated heterocycles. The SMILES string of the molecule is C=CC(=O)OC(CC)COc1ccc(C23CC4CC(CC(C4)C2)C3)c(OCC(CC)OC(=O)C=C)c1.